The molecule has 5 saturated heterocycles. The van der Waals surface area contributed by atoms with Crippen molar-refractivity contribution in [3.63, 3.8) is 0 Å². The number of carbonyl (C=O) groups is 6. The number of carboxylic acid groups (broad SMARTS) is 1. The quantitative estimate of drug-likeness (QED) is 0.0220. The van der Waals surface area contributed by atoms with Crippen molar-refractivity contribution in [1.82, 2.24) is 40.4 Å². The topological polar surface area (TPSA) is 257 Å². The number of nitrogens with one attached hydrogen (secondary N) is 2. The van der Waals surface area contributed by atoms with E-state index in [0.29, 0.717) is 11.1 Å². The maximum absolute atomic E-state index is 13.3. The molecule has 2 aliphatic carbocycles. The molecule has 22 nitrogen and oxygen atoms in total. The van der Waals surface area contributed by atoms with Gasteiger partial charge < -0.3 is 58.9 Å². The minimum absolute atomic E-state index is 0.0736. The number of rotatable bonds is 24. The van der Waals surface area contributed by atoms with E-state index in [-0.39, 0.29) is 75.9 Å². The highest BCUT2D eigenvalue weighted by molar-refractivity contribution is 6.62. The average molecular weight is 1510 g/mol. The van der Waals surface area contributed by atoms with Crippen LogP contribution in [0.3, 0.4) is 0 Å². The third-order valence-electron chi connectivity index (χ3n) is 24.0. The number of aromatic nitrogens is 4. The highest BCUT2D eigenvalue weighted by Gasteiger charge is 2.52. The largest absolute Gasteiger partial charge is 0.494 e. The van der Waals surface area contributed by atoms with Crippen molar-refractivity contribution >= 4 is 71.5 Å². The van der Waals surface area contributed by atoms with Crippen LogP contribution >= 0.6 is 11.6 Å². The third kappa shape index (κ3) is 22.5. The van der Waals surface area contributed by atoms with E-state index in [2.05, 4.69) is 44.2 Å². The van der Waals surface area contributed by atoms with Crippen LogP contribution in [0, 0.1) is 47.3 Å². The van der Waals surface area contributed by atoms with E-state index in [0.717, 1.165) is 106 Å². The Labute approximate surface area is 649 Å². The van der Waals surface area contributed by atoms with Crippen molar-refractivity contribution in [3.8, 4) is 11.4 Å². The number of carbonyl (C=O) groups excluding carboxylic acids is 5. The van der Waals surface area contributed by atoms with E-state index in [1.54, 1.807) is 4.90 Å². The molecule has 7 fully saturated rings. The van der Waals surface area contributed by atoms with Gasteiger partial charge in [-0.3, -0.25) is 19.2 Å². The molecule has 24 heteroatoms. The van der Waals surface area contributed by atoms with E-state index in [9.17, 15) is 33.9 Å². The number of amides is 4. The van der Waals surface area contributed by atoms with Crippen LogP contribution < -0.4 is 25.9 Å². The zero-order chi connectivity index (χ0) is 77.0. The molecule has 0 unspecified atom stereocenters. The Kier molecular flexibility index (Phi) is 29.0. The number of esters is 1. The highest BCUT2D eigenvalue weighted by atomic mass is 35.5. The molecule has 2 atom stereocenters. The number of methoxy groups -OCH3 is 1. The number of carboxylic acids is 1. The van der Waals surface area contributed by atoms with Gasteiger partial charge in [0.2, 0.25) is 17.1 Å². The predicted octanol–water partition coefficient (Wildman–Crippen LogP) is 13.8. The lowest BCUT2D eigenvalue weighted by Gasteiger charge is -2.39. The average Bonchev–Trinajstić information content (AvgIpc) is 1.65. The summed E-state index contributed by atoms with van der Waals surface area (Å²) in [5.41, 5.74) is 6.37. The lowest BCUT2D eigenvalue weighted by molar-refractivity contribution is -0.157. The van der Waals surface area contributed by atoms with E-state index in [4.69, 9.17) is 45.1 Å². The van der Waals surface area contributed by atoms with Gasteiger partial charge in [0.05, 0.1) is 66.3 Å². The minimum atomic E-state index is -0.929. The molecule has 5 aliphatic heterocycles. The summed E-state index contributed by atoms with van der Waals surface area (Å²) >= 11 is 5.77. The maximum atomic E-state index is 13.3. The normalized spacial score (nSPS) is 21.3. The first-order valence-corrected chi connectivity index (χ1v) is 40.1. The van der Waals surface area contributed by atoms with Gasteiger partial charge in [0.1, 0.15) is 25.3 Å². The molecule has 7 aliphatic rings. The Morgan fingerprint density at radius 2 is 0.908 bits per heavy atom. The molecule has 4 aromatic carbocycles. The fourth-order valence-electron chi connectivity index (χ4n) is 16.6. The molecule has 2 saturated carbocycles. The molecule has 584 valence electrons. The summed E-state index contributed by atoms with van der Waals surface area (Å²) in [5.74, 6) is 3.43. The number of benzene rings is 4. The second kappa shape index (κ2) is 38.8. The van der Waals surface area contributed by atoms with Crippen LogP contribution in [0.15, 0.2) is 134 Å². The van der Waals surface area contributed by atoms with Crippen molar-refractivity contribution in [1.29, 1.82) is 0 Å². The molecule has 7 heterocycles. The van der Waals surface area contributed by atoms with Gasteiger partial charge in [0.15, 0.2) is 5.82 Å². The number of likely N-dealkylation sites (tertiary alicyclic amines) is 2. The summed E-state index contributed by atoms with van der Waals surface area (Å²) in [5, 5.41) is 15.0. The first-order valence-electron chi connectivity index (χ1n) is 39.8. The van der Waals surface area contributed by atoms with E-state index < -0.39 is 54.5 Å². The van der Waals surface area contributed by atoms with E-state index in [1.807, 2.05) is 162 Å². The molecule has 6 aromatic rings. The summed E-state index contributed by atoms with van der Waals surface area (Å²) in [6, 6.07) is 32.1. The minimum Gasteiger partial charge on any atom is -0.481 e. The number of alkyl carbamates (subject to hydrolysis) is 2. The Morgan fingerprint density at radius 1 is 0.523 bits per heavy atom. The molecule has 0 bridgehead atoms. The van der Waals surface area contributed by atoms with Gasteiger partial charge in [0.25, 0.3) is 0 Å². The summed E-state index contributed by atoms with van der Waals surface area (Å²) in [4.78, 5) is 100. The predicted molar refractivity (Wildman–Crippen MR) is 422 cm³/mol. The van der Waals surface area contributed by atoms with Gasteiger partial charge in [-0.15, -0.1) is 0 Å². The third-order valence-corrected chi connectivity index (χ3v) is 24.2. The number of aliphatic carboxylic acids is 1. The molecule has 2 aromatic heterocycles. The van der Waals surface area contributed by atoms with Gasteiger partial charge in [-0.25, -0.2) is 29.5 Å². The summed E-state index contributed by atoms with van der Waals surface area (Å²) in [6.07, 6.45) is 28.8. The Bertz CT molecular complexity index is 3860. The first kappa shape index (κ1) is 81.3. The molecular formula is C85H112BClN10O12. The van der Waals surface area contributed by atoms with Crippen LogP contribution in [0.4, 0.5) is 21.0 Å². The molecule has 4 amide bonds. The molecule has 0 spiro atoms. The summed E-state index contributed by atoms with van der Waals surface area (Å²) < 4.78 is 27.7. The monoisotopic (exact) mass is 1510 g/mol. The zero-order valence-corrected chi connectivity index (χ0v) is 65.5. The van der Waals surface area contributed by atoms with Crippen LogP contribution in [0.25, 0.3) is 11.4 Å². The molecule has 0 radical (unpaired) electrons. The van der Waals surface area contributed by atoms with E-state index in [1.165, 1.54) is 115 Å². The lowest BCUT2D eigenvalue weighted by atomic mass is 9.72. The van der Waals surface area contributed by atoms with Crippen molar-refractivity contribution in [2.24, 2.45) is 47.3 Å². The Morgan fingerprint density at radius 3 is 1.30 bits per heavy atom. The number of hydrogen-bond acceptors (Lipinski definition) is 17. The van der Waals surface area contributed by atoms with Crippen LogP contribution in [-0.4, -0.2) is 161 Å². The van der Waals surface area contributed by atoms with Gasteiger partial charge in [-0.05, 0) is 154 Å². The van der Waals surface area contributed by atoms with Crippen LogP contribution in [0.5, 0.6) is 0 Å². The van der Waals surface area contributed by atoms with Crippen LogP contribution in [0.1, 0.15) is 167 Å². The van der Waals surface area contributed by atoms with Crippen molar-refractivity contribution in [2.75, 3.05) is 69.3 Å². The summed E-state index contributed by atoms with van der Waals surface area (Å²) in [6.45, 7) is 17.9. The number of halogens is 1. The Hall–Kier alpha value is -8.67. The van der Waals surface area contributed by atoms with Crippen molar-refractivity contribution in [3.05, 3.63) is 162 Å². The Balaban J connectivity index is 0.000000174. The fraction of sp³-hybridized carbons (Fsp3) is 0.553. The van der Waals surface area contributed by atoms with Crippen molar-refractivity contribution < 1.29 is 57.4 Å². The van der Waals surface area contributed by atoms with Crippen LogP contribution in [-0.2, 0) is 68.8 Å². The van der Waals surface area contributed by atoms with Gasteiger partial charge in [-0.1, -0.05) is 174 Å². The first-order chi connectivity index (χ1) is 52.6. The van der Waals surface area contributed by atoms with Gasteiger partial charge in [-0.2, -0.15) is 0 Å². The molecular weight excluding hydrogens is 1400 g/mol. The lowest BCUT2D eigenvalue weighted by Crippen LogP contribution is -2.59. The van der Waals surface area contributed by atoms with E-state index >= 15 is 0 Å². The SMILES string of the molecule is CCCC1CCC(C2CCN(c3cnc(-c4ccc(C[C@H](NC(=O)OCc5ccccc5)C(=O)N5CC(C(=O)O)C5)cc4)nc3)CC2)CC1.CCCC1CCC(C2CCN(c3cnc(Cl)nc3)CC2)CC1.COC(=O)C1CN(C(=O)[C@H](Cc2ccc(B3OC(C)(C)C(C)(C)O3)cc2)NC(=O)OCc2ccccc2)C1. The number of nitrogens with zero attached hydrogens (tertiary/aromatic N) is 8. The highest BCUT2D eigenvalue weighted by Crippen LogP contribution is 2.42. The smallest absolute Gasteiger partial charge is 0.481 e. The van der Waals surface area contributed by atoms with Gasteiger partial charge in [0, 0.05) is 70.8 Å². The number of anilines is 2. The summed E-state index contributed by atoms with van der Waals surface area (Å²) in [7, 11) is 0.835. The zero-order valence-electron chi connectivity index (χ0n) is 64.7. The molecule has 13 rings (SSSR count). The standard InChI is InChI=1S/C39H49N5O5.C28H35BN2O7.C18H28ClN3/c1-2-6-27-9-13-30(14-10-27)31-17-19-43(20-18-31)34-22-40-36(41-23-34)32-15-11-28(12-16-32)21-35(37(45)44-24-33(25-44)38(46)47)42-39(48)49-26-29-7-4-3-5-8-29;1-27(2)28(3,4)38-29(37-27)22-13-11-19(12-14-22)15-23(24(32)31-16-21(17-31)25(33)35-5)30-26(34)36-18-20-9-7-6-8-10-20;1-2-3-14-4-6-15(7-5-14)16-8-10-22(11-9-16)17-12-20-18(19)21-13-17/h3-5,7-8,11-12,15-16,22-23,27,30-31,33,35H,2,6,9-10,13-14,17-21,24-26H2,1H3,(H,42,48)(H,46,47);6-14,21,23H,15-18H2,1-5H3,(H,30,34);12-16H,2-11H2,1H3/t27?,30?,35-;23-;/m00./s1. The maximum Gasteiger partial charge on any atom is 0.494 e. The second-order valence-electron chi connectivity index (χ2n) is 32.0. The number of ether oxygens (including phenoxy) is 3. The molecule has 3 N–H and O–H groups in total. The van der Waals surface area contributed by atoms with Crippen LogP contribution in [0.2, 0.25) is 5.28 Å². The van der Waals surface area contributed by atoms with Gasteiger partial charge >= 0.3 is 31.2 Å². The number of hydrogen-bond donors (Lipinski definition) is 3. The fourth-order valence-corrected chi connectivity index (χ4v) is 16.7. The van der Waals surface area contributed by atoms with Crippen molar-refractivity contribution in [2.45, 2.75) is 194 Å². The number of piperidine rings is 2. The molecule has 109 heavy (non-hydrogen) atoms. The second-order valence-corrected chi connectivity index (χ2v) is 32.3.